The molecule has 4 aromatic rings. The molecule has 0 fully saturated rings. The van der Waals surface area contributed by atoms with E-state index in [1.165, 1.54) is 82.6 Å². The first-order valence-electron chi connectivity index (χ1n) is 19.2. The molecule has 0 amide bonds. The Morgan fingerprint density at radius 2 is 1.17 bits per heavy atom. The van der Waals surface area contributed by atoms with Gasteiger partial charge in [-0.15, -0.1) is 0 Å². The van der Waals surface area contributed by atoms with Gasteiger partial charge in [0.1, 0.15) is 12.7 Å². The number of unbranched alkanes of at least 4 members (excludes halogenated alkanes) is 10. The van der Waals surface area contributed by atoms with Gasteiger partial charge in [-0.05, 0) is 96.7 Å². The van der Waals surface area contributed by atoms with Crippen LogP contribution in [0.15, 0.2) is 82.5 Å². The van der Waals surface area contributed by atoms with Crippen LogP contribution in [0, 0.1) is 59.2 Å². The minimum Gasteiger partial charge on any atom is -0.286 e. The summed E-state index contributed by atoms with van der Waals surface area (Å²) in [6.07, 6.45) is 19.5. The van der Waals surface area contributed by atoms with Crippen LogP contribution in [0.3, 0.4) is 0 Å². The van der Waals surface area contributed by atoms with Gasteiger partial charge in [0, 0.05) is 23.0 Å². The van der Waals surface area contributed by atoms with Crippen LogP contribution in [0.5, 0.6) is 0 Å². The zero-order chi connectivity index (χ0) is 43.4. The number of aromatic amines is 2. The van der Waals surface area contributed by atoms with E-state index in [1.807, 2.05) is 36.3 Å². The Bertz CT molecular complexity index is 2210. The second kappa shape index (κ2) is 33.5. The molecule has 0 spiro atoms. The molecule has 314 valence electrons. The topological polar surface area (TPSA) is 184 Å². The first-order valence-corrected chi connectivity index (χ1v) is 23.0. The van der Waals surface area contributed by atoms with Crippen molar-refractivity contribution in [2.24, 2.45) is 0 Å². The van der Waals surface area contributed by atoms with Crippen LogP contribution in [0.1, 0.15) is 95.1 Å². The highest BCUT2D eigenvalue weighted by Gasteiger charge is 2.08. The van der Waals surface area contributed by atoms with Gasteiger partial charge in [0.05, 0.1) is 9.76 Å². The summed E-state index contributed by atoms with van der Waals surface area (Å²) < 4.78 is 30.8. The lowest BCUT2D eigenvalue weighted by Crippen LogP contribution is -1.98. The van der Waals surface area contributed by atoms with Crippen LogP contribution in [-0.2, 0) is 26.2 Å². The predicted octanol–water partition coefficient (Wildman–Crippen LogP) is 8.42. The smallest absolute Gasteiger partial charge is 0.286 e. The molecule has 4 N–H and O–H groups in total. The maximum absolute atomic E-state index is 10.9. The maximum atomic E-state index is 10.9. The average Bonchev–Trinajstić information content (AvgIpc) is 3.99. The summed E-state index contributed by atoms with van der Waals surface area (Å²) in [6.45, 7) is 2.25. The highest BCUT2D eigenvalue weighted by molar-refractivity contribution is 7.99. The Morgan fingerprint density at radius 3 is 1.63 bits per heavy atom. The molecule has 12 nitrogen and oxygen atoms in total. The molecular weight excluding hydrogens is 837 g/mol. The normalized spacial score (nSPS) is 9.65. The van der Waals surface area contributed by atoms with E-state index in [1.54, 1.807) is 35.7 Å². The lowest BCUT2D eigenvalue weighted by molar-refractivity contribution is -0.226. The Labute approximate surface area is 367 Å². The Morgan fingerprint density at radius 1 is 0.683 bits per heavy atom. The molecule has 4 rings (SSSR count). The largest absolute Gasteiger partial charge is 0.417 e. The van der Waals surface area contributed by atoms with Crippen molar-refractivity contribution in [1.29, 1.82) is 0 Å². The van der Waals surface area contributed by atoms with Gasteiger partial charge in [-0.25, -0.2) is 14.8 Å². The van der Waals surface area contributed by atoms with Gasteiger partial charge in [-0.1, -0.05) is 143 Å². The van der Waals surface area contributed by atoms with Crippen molar-refractivity contribution >= 4 is 56.7 Å². The maximum Gasteiger partial charge on any atom is 0.417 e. The summed E-state index contributed by atoms with van der Waals surface area (Å²) >= 11 is 8.53. The number of thioether (sulfide) groups is 2. The summed E-state index contributed by atoms with van der Waals surface area (Å²) in [5.41, 5.74) is 2.00. The van der Waals surface area contributed by atoms with Gasteiger partial charge in [-0.2, -0.15) is 23.9 Å². The molecule has 16 heteroatoms. The van der Waals surface area contributed by atoms with Crippen molar-refractivity contribution in [3.8, 4) is 59.2 Å². The number of hydrogen-bond donors (Lipinski definition) is 4. The molecular formula is C44H48N6O6S4. The van der Waals surface area contributed by atoms with Gasteiger partial charge >= 0.3 is 5.97 Å². The standard InChI is InChI=1S/C18H30O3S.C18H6O3S.C8H12N6S2/c1-2-3-4-5-6-7-8-9-10-11-12-17-13-15-18(16-14-17)22(19,20)21;19-18(21-20)15-11-6-4-2-1-3-5-10-14-17(22)16-12-8-7-9-13-16;1(3-15-7-9-5-11-13-7)2-4-16-8-10-6-12-14-8/h13-16H,2-12H2,1H3,(H,19,20,21);7-9,12-13,20H;5-6H,1-4H2,(H,9,11,13)(H,10,12,14). The van der Waals surface area contributed by atoms with Crippen LogP contribution in [0.25, 0.3) is 0 Å². The fourth-order valence-corrected chi connectivity index (χ4v) is 6.98. The number of aromatic nitrogens is 6. The first kappa shape index (κ1) is 50.8. The van der Waals surface area contributed by atoms with Gasteiger partial charge < -0.3 is 0 Å². The van der Waals surface area contributed by atoms with E-state index in [-0.39, 0.29) is 4.90 Å². The van der Waals surface area contributed by atoms with Crippen molar-refractivity contribution in [2.45, 2.75) is 106 Å². The highest BCUT2D eigenvalue weighted by Crippen LogP contribution is 2.17. The molecule has 0 bridgehead atoms. The summed E-state index contributed by atoms with van der Waals surface area (Å²) in [4.78, 5) is 22.3. The monoisotopic (exact) mass is 884 g/mol. The van der Waals surface area contributed by atoms with Crippen molar-refractivity contribution in [2.75, 3.05) is 11.5 Å². The molecule has 0 saturated heterocycles. The lowest BCUT2D eigenvalue weighted by atomic mass is 10.0. The predicted molar refractivity (Wildman–Crippen MR) is 241 cm³/mol. The number of benzene rings is 2. The van der Waals surface area contributed by atoms with Gasteiger partial charge in [0.25, 0.3) is 10.1 Å². The van der Waals surface area contributed by atoms with Crippen LogP contribution >= 0.6 is 35.7 Å². The fraction of sp³-hybridized carbons (Fsp3) is 0.364. The van der Waals surface area contributed by atoms with Crippen molar-refractivity contribution in [3.63, 3.8) is 0 Å². The number of thiocarbonyl (C=S) groups is 1. The molecule has 0 aliphatic heterocycles. The Kier molecular flexibility index (Phi) is 28.3. The molecule has 0 aliphatic rings. The number of rotatable bonds is 20. The van der Waals surface area contributed by atoms with Gasteiger partial charge in [0.2, 0.25) is 0 Å². The molecule has 0 radical (unpaired) electrons. The molecule has 2 aromatic carbocycles. The molecule has 0 unspecified atom stereocenters. The summed E-state index contributed by atoms with van der Waals surface area (Å²) in [7, 11) is -4.06. The minimum atomic E-state index is -4.06. The van der Waals surface area contributed by atoms with E-state index in [4.69, 9.17) is 22.0 Å². The van der Waals surface area contributed by atoms with Crippen LogP contribution in [0.4, 0.5) is 0 Å². The molecule has 0 aliphatic carbocycles. The zero-order valence-electron chi connectivity index (χ0n) is 33.4. The number of nitrogens with one attached hydrogen (secondary N) is 2. The molecule has 2 heterocycles. The Balaban J connectivity index is 0.000000314. The SMILES string of the molecule is CCCCCCCCCCCCc1ccc(S(=O)(=O)O)cc1.O=C(C#CC#CC#CC#CC#CC(=S)c1ccccc1)OO.c1n[nH]c(SCCCCSc2ncn[nH]2)n1. The zero-order valence-corrected chi connectivity index (χ0v) is 36.7. The van der Waals surface area contributed by atoms with Crippen molar-refractivity contribution in [3.05, 3.63) is 78.4 Å². The van der Waals surface area contributed by atoms with E-state index in [2.05, 4.69) is 95.5 Å². The summed E-state index contributed by atoms with van der Waals surface area (Å²) in [6, 6.07) is 15.9. The lowest BCUT2D eigenvalue weighted by Gasteiger charge is -2.04. The first-order chi connectivity index (χ1) is 29.2. The molecule has 0 atom stereocenters. The third-order valence-electron chi connectivity index (χ3n) is 7.74. The van der Waals surface area contributed by atoms with Gasteiger partial charge in [0.15, 0.2) is 10.3 Å². The van der Waals surface area contributed by atoms with Crippen LogP contribution in [0.2, 0.25) is 0 Å². The fourth-order valence-electron chi connectivity index (χ4n) is 4.76. The summed E-state index contributed by atoms with van der Waals surface area (Å²) in [5, 5.41) is 22.9. The second-order valence-corrected chi connectivity index (χ2v) is 16.4. The highest BCUT2D eigenvalue weighted by atomic mass is 32.2. The summed E-state index contributed by atoms with van der Waals surface area (Å²) in [5.74, 6) is 24.8. The molecule has 2 aromatic heterocycles. The molecule has 0 saturated carbocycles. The third kappa shape index (κ3) is 26.6. The number of carbonyl (C=O) groups is 1. The molecule has 60 heavy (non-hydrogen) atoms. The number of carbonyl (C=O) groups excluding carboxylic acids is 1. The van der Waals surface area contributed by atoms with Gasteiger partial charge in [-0.3, -0.25) is 19.6 Å². The average molecular weight is 885 g/mol. The minimum absolute atomic E-state index is 0.0284. The number of nitrogens with zero attached hydrogens (tertiary/aromatic N) is 4. The van der Waals surface area contributed by atoms with E-state index < -0.39 is 16.1 Å². The van der Waals surface area contributed by atoms with Crippen molar-refractivity contribution in [1.82, 2.24) is 30.4 Å². The van der Waals surface area contributed by atoms with E-state index in [9.17, 15) is 13.2 Å². The van der Waals surface area contributed by atoms with E-state index >= 15 is 0 Å². The quantitative estimate of drug-likeness (QED) is 0.00971. The van der Waals surface area contributed by atoms with E-state index in [0.29, 0.717) is 4.86 Å². The van der Waals surface area contributed by atoms with Crippen LogP contribution < -0.4 is 0 Å². The Hall–Kier alpha value is -5.35. The third-order valence-corrected chi connectivity index (χ3v) is 10.9. The second-order valence-electron chi connectivity index (χ2n) is 12.4. The van der Waals surface area contributed by atoms with Crippen molar-refractivity contribution < 1.29 is 27.9 Å². The number of hydrogen-bond acceptors (Lipinski definition) is 12. The number of aryl methyl sites for hydroxylation is 1. The number of H-pyrrole nitrogens is 2. The van der Waals surface area contributed by atoms with Crippen LogP contribution in [-0.4, -0.2) is 70.9 Å². The van der Waals surface area contributed by atoms with E-state index in [0.717, 1.165) is 58.6 Å².